The van der Waals surface area contributed by atoms with Crippen molar-refractivity contribution in [2.75, 3.05) is 6.54 Å². The second-order valence-corrected chi connectivity index (χ2v) is 7.36. The van der Waals surface area contributed by atoms with E-state index in [0.717, 1.165) is 17.4 Å². The molecule has 25 heavy (non-hydrogen) atoms. The molecule has 2 fully saturated rings. The summed E-state index contributed by atoms with van der Waals surface area (Å²) in [5, 5.41) is 8.23. The van der Waals surface area contributed by atoms with E-state index in [1.165, 1.54) is 37.8 Å². The fourth-order valence-corrected chi connectivity index (χ4v) is 4.33. The zero-order chi connectivity index (χ0) is 17.8. The number of carbonyl (C=O) groups is 2. The van der Waals surface area contributed by atoms with Crippen LogP contribution >= 0.6 is 0 Å². The van der Waals surface area contributed by atoms with Gasteiger partial charge in [0.1, 0.15) is 5.82 Å². The molecule has 0 heterocycles. The lowest BCUT2D eigenvalue weighted by molar-refractivity contribution is -0.121. The summed E-state index contributed by atoms with van der Waals surface area (Å²) >= 11 is 0. The van der Waals surface area contributed by atoms with Crippen LogP contribution in [0.5, 0.6) is 0 Å². The van der Waals surface area contributed by atoms with Crippen LogP contribution < -0.4 is 16.0 Å². The Balaban J connectivity index is 1.34. The molecular weight excluding hydrogens is 321 g/mol. The van der Waals surface area contributed by atoms with E-state index in [9.17, 15) is 14.0 Å². The van der Waals surface area contributed by atoms with Crippen LogP contribution in [0.3, 0.4) is 0 Å². The standard InChI is InChI=1S/C19H26FN3O2/c1-12(17-9-14-2-5-15(17)8-14)23-18(24)11-22-19(25)21-10-13-3-6-16(20)7-4-13/h3-4,6-7,12,14-15,17H,2,5,8-11H2,1H3,(H,23,24)(H2,21,22,25)/t12-,14-,15-,17+/m0/s1. The first-order valence-corrected chi connectivity index (χ1v) is 9.06. The molecule has 2 aliphatic rings. The Morgan fingerprint density at radius 1 is 1.16 bits per heavy atom. The number of carbonyl (C=O) groups excluding carboxylic acids is 2. The average molecular weight is 347 g/mol. The Morgan fingerprint density at radius 2 is 1.92 bits per heavy atom. The Labute approximate surface area is 147 Å². The van der Waals surface area contributed by atoms with E-state index in [-0.39, 0.29) is 30.9 Å². The maximum atomic E-state index is 12.8. The normalized spacial score (nSPS) is 25.4. The lowest BCUT2D eigenvalue weighted by Gasteiger charge is -2.28. The van der Waals surface area contributed by atoms with Gasteiger partial charge in [-0.1, -0.05) is 18.6 Å². The van der Waals surface area contributed by atoms with Gasteiger partial charge < -0.3 is 16.0 Å². The fourth-order valence-electron chi connectivity index (χ4n) is 4.33. The van der Waals surface area contributed by atoms with E-state index in [4.69, 9.17) is 0 Å². The molecule has 0 spiro atoms. The quantitative estimate of drug-likeness (QED) is 0.740. The second-order valence-electron chi connectivity index (χ2n) is 7.36. The Morgan fingerprint density at radius 3 is 2.56 bits per heavy atom. The molecule has 1 aromatic carbocycles. The molecule has 0 aliphatic heterocycles. The van der Waals surface area contributed by atoms with Gasteiger partial charge in [-0.15, -0.1) is 0 Å². The summed E-state index contributed by atoms with van der Waals surface area (Å²) in [5.74, 6) is 1.72. The predicted octanol–water partition coefficient (Wildman–Crippen LogP) is 2.57. The smallest absolute Gasteiger partial charge is 0.315 e. The third-order valence-corrected chi connectivity index (χ3v) is 5.60. The highest BCUT2D eigenvalue weighted by Gasteiger charge is 2.42. The minimum absolute atomic E-state index is 0.0413. The van der Waals surface area contributed by atoms with Crippen LogP contribution in [0, 0.1) is 23.6 Å². The molecule has 2 bridgehead atoms. The van der Waals surface area contributed by atoms with E-state index < -0.39 is 6.03 Å². The largest absolute Gasteiger partial charge is 0.352 e. The molecule has 2 aliphatic carbocycles. The van der Waals surface area contributed by atoms with E-state index in [0.29, 0.717) is 5.92 Å². The van der Waals surface area contributed by atoms with Crippen molar-refractivity contribution in [3.8, 4) is 0 Å². The molecule has 0 radical (unpaired) electrons. The van der Waals surface area contributed by atoms with Crippen molar-refractivity contribution in [2.45, 2.75) is 45.2 Å². The van der Waals surface area contributed by atoms with Crippen molar-refractivity contribution < 1.29 is 14.0 Å². The third-order valence-electron chi connectivity index (χ3n) is 5.60. The van der Waals surface area contributed by atoms with Crippen molar-refractivity contribution in [1.82, 2.24) is 16.0 Å². The Hall–Kier alpha value is -2.11. The zero-order valence-corrected chi connectivity index (χ0v) is 14.6. The van der Waals surface area contributed by atoms with E-state index in [1.807, 2.05) is 0 Å². The lowest BCUT2D eigenvalue weighted by atomic mass is 9.84. The van der Waals surface area contributed by atoms with Crippen molar-refractivity contribution in [2.24, 2.45) is 17.8 Å². The van der Waals surface area contributed by atoms with Gasteiger partial charge in [-0.3, -0.25) is 4.79 Å². The summed E-state index contributed by atoms with van der Waals surface area (Å²) in [7, 11) is 0. The Kier molecular flexibility index (Phi) is 5.56. The van der Waals surface area contributed by atoms with E-state index in [2.05, 4.69) is 22.9 Å². The number of halogens is 1. The first kappa shape index (κ1) is 17.7. The SMILES string of the molecule is C[C@H](NC(=O)CNC(=O)NCc1ccc(F)cc1)[C@H]1C[C@H]2CC[C@H]1C2. The van der Waals surface area contributed by atoms with E-state index >= 15 is 0 Å². The molecule has 5 nitrogen and oxygen atoms in total. The molecule has 4 atom stereocenters. The van der Waals surface area contributed by atoms with Crippen LogP contribution in [0.2, 0.25) is 0 Å². The molecule has 3 N–H and O–H groups in total. The number of fused-ring (bicyclic) bond motifs is 2. The molecule has 2 saturated carbocycles. The van der Waals surface area contributed by atoms with Crippen LogP contribution in [-0.4, -0.2) is 24.5 Å². The average Bonchev–Trinajstić information content (AvgIpc) is 3.23. The van der Waals surface area contributed by atoms with Crippen LogP contribution in [0.4, 0.5) is 9.18 Å². The van der Waals surface area contributed by atoms with E-state index in [1.54, 1.807) is 12.1 Å². The summed E-state index contributed by atoms with van der Waals surface area (Å²) in [6.45, 7) is 2.31. The van der Waals surface area contributed by atoms with Crippen LogP contribution in [0.1, 0.15) is 38.2 Å². The van der Waals surface area contributed by atoms with Gasteiger partial charge in [-0.2, -0.15) is 0 Å². The maximum absolute atomic E-state index is 12.8. The molecule has 6 heteroatoms. The van der Waals surface area contributed by atoms with Crippen molar-refractivity contribution in [3.63, 3.8) is 0 Å². The summed E-state index contributed by atoms with van der Waals surface area (Å²) in [6, 6.07) is 5.66. The minimum Gasteiger partial charge on any atom is -0.352 e. The molecule has 136 valence electrons. The van der Waals surface area contributed by atoms with Gasteiger partial charge >= 0.3 is 6.03 Å². The highest BCUT2D eigenvalue weighted by molar-refractivity contribution is 5.84. The number of urea groups is 1. The molecule has 0 unspecified atom stereocenters. The van der Waals surface area contributed by atoms with Gasteiger partial charge in [0.25, 0.3) is 0 Å². The summed E-state index contributed by atoms with van der Waals surface area (Å²) < 4.78 is 12.8. The fraction of sp³-hybridized carbons (Fsp3) is 0.579. The monoisotopic (exact) mass is 347 g/mol. The van der Waals surface area contributed by atoms with Gasteiger partial charge in [0, 0.05) is 12.6 Å². The highest BCUT2D eigenvalue weighted by atomic mass is 19.1. The highest BCUT2D eigenvalue weighted by Crippen LogP contribution is 2.49. The zero-order valence-electron chi connectivity index (χ0n) is 14.6. The number of benzene rings is 1. The topological polar surface area (TPSA) is 70.2 Å². The van der Waals surface area contributed by atoms with Crippen molar-refractivity contribution in [1.29, 1.82) is 0 Å². The summed E-state index contributed by atoms with van der Waals surface area (Å²) in [6.07, 6.45) is 5.17. The first-order chi connectivity index (χ1) is 12.0. The number of rotatable bonds is 6. The van der Waals surface area contributed by atoms with Crippen molar-refractivity contribution >= 4 is 11.9 Å². The predicted molar refractivity (Wildman–Crippen MR) is 93.2 cm³/mol. The second kappa shape index (κ2) is 7.85. The first-order valence-electron chi connectivity index (χ1n) is 9.06. The number of amides is 3. The molecule has 1 aromatic rings. The molecular formula is C19H26FN3O2. The van der Waals surface area contributed by atoms with Crippen LogP contribution in [0.15, 0.2) is 24.3 Å². The van der Waals surface area contributed by atoms with Crippen molar-refractivity contribution in [3.05, 3.63) is 35.6 Å². The number of nitrogens with one attached hydrogen (secondary N) is 3. The van der Waals surface area contributed by atoms with Crippen LogP contribution in [0.25, 0.3) is 0 Å². The molecule has 3 amide bonds. The van der Waals surface area contributed by atoms with Gasteiger partial charge in [0.15, 0.2) is 0 Å². The third kappa shape index (κ3) is 4.71. The van der Waals surface area contributed by atoms with Gasteiger partial charge in [0.05, 0.1) is 6.54 Å². The lowest BCUT2D eigenvalue weighted by Crippen LogP contribution is -2.46. The molecule has 0 aromatic heterocycles. The molecule has 3 rings (SSSR count). The summed E-state index contributed by atoms with van der Waals surface area (Å²) in [4.78, 5) is 23.8. The Bertz CT molecular complexity index is 620. The van der Waals surface area contributed by atoms with Gasteiger partial charge in [0.2, 0.25) is 5.91 Å². The summed E-state index contributed by atoms with van der Waals surface area (Å²) in [5.41, 5.74) is 0.797. The number of hydrogen-bond donors (Lipinski definition) is 3. The maximum Gasteiger partial charge on any atom is 0.315 e. The van der Waals surface area contributed by atoms with Gasteiger partial charge in [-0.25, -0.2) is 9.18 Å². The number of hydrogen-bond acceptors (Lipinski definition) is 2. The van der Waals surface area contributed by atoms with Gasteiger partial charge in [-0.05, 0) is 61.6 Å². The minimum atomic E-state index is -0.410. The van der Waals surface area contributed by atoms with Crippen LogP contribution in [-0.2, 0) is 11.3 Å². The molecule has 0 saturated heterocycles.